The van der Waals surface area contributed by atoms with Crippen LogP contribution in [-0.2, 0) is 16.8 Å². The number of rotatable bonds is 4. The minimum Gasteiger partial charge on any atom is -0.387 e. The van der Waals surface area contributed by atoms with Crippen LogP contribution in [0.5, 0.6) is 0 Å². The Labute approximate surface area is 183 Å². The molecule has 166 valence electrons. The van der Waals surface area contributed by atoms with Crippen molar-refractivity contribution in [2.45, 2.75) is 57.3 Å². The lowest BCUT2D eigenvalue weighted by Crippen LogP contribution is -2.33. The van der Waals surface area contributed by atoms with Crippen molar-refractivity contribution in [2.24, 2.45) is 0 Å². The van der Waals surface area contributed by atoms with E-state index in [4.69, 9.17) is 0 Å². The van der Waals surface area contributed by atoms with Crippen LogP contribution in [0.15, 0.2) is 42.5 Å². The van der Waals surface area contributed by atoms with Gasteiger partial charge in [-0.3, -0.25) is 4.79 Å². The molecule has 3 atom stereocenters. The Balaban J connectivity index is 1.42. The van der Waals surface area contributed by atoms with E-state index < -0.39 is 11.7 Å². The summed E-state index contributed by atoms with van der Waals surface area (Å²) in [6, 6.07) is 12.1. The van der Waals surface area contributed by atoms with Crippen molar-refractivity contribution in [3.8, 4) is 0 Å². The highest BCUT2D eigenvalue weighted by Gasteiger charge is 2.33. The van der Waals surface area contributed by atoms with E-state index in [1.165, 1.54) is 12.1 Å². The van der Waals surface area contributed by atoms with Crippen LogP contribution in [0.4, 0.5) is 10.1 Å². The lowest BCUT2D eigenvalue weighted by atomic mass is 9.87. The number of β-amino-alcohol motifs (C(OH)–C–C–N with tert-alkyl or cyclic N) is 1. The number of hydrogen-bond donors (Lipinski definition) is 2. The van der Waals surface area contributed by atoms with E-state index in [9.17, 15) is 19.4 Å². The Morgan fingerprint density at radius 1 is 1.19 bits per heavy atom. The minimum atomic E-state index is -0.965. The van der Waals surface area contributed by atoms with E-state index in [0.29, 0.717) is 25.9 Å². The van der Waals surface area contributed by atoms with Gasteiger partial charge in [0.15, 0.2) is 0 Å². The Morgan fingerprint density at radius 3 is 2.65 bits per heavy atom. The minimum absolute atomic E-state index is 0.0396. The van der Waals surface area contributed by atoms with Gasteiger partial charge in [-0.2, -0.15) is 0 Å². The Morgan fingerprint density at radius 2 is 1.94 bits per heavy atom. The van der Waals surface area contributed by atoms with E-state index in [1.807, 2.05) is 30.0 Å². The van der Waals surface area contributed by atoms with Crippen LogP contribution in [0.25, 0.3) is 0 Å². The molecule has 0 saturated carbocycles. The molecule has 5 nitrogen and oxygen atoms in total. The van der Waals surface area contributed by atoms with Crippen LogP contribution in [-0.4, -0.2) is 46.7 Å². The third-order valence-corrected chi connectivity index (χ3v) is 6.76. The van der Waals surface area contributed by atoms with E-state index in [-0.39, 0.29) is 17.8 Å². The van der Waals surface area contributed by atoms with Crippen LogP contribution in [0, 0.1) is 5.82 Å². The zero-order valence-corrected chi connectivity index (χ0v) is 18.2. The van der Waals surface area contributed by atoms with Gasteiger partial charge in [0.05, 0.1) is 11.7 Å². The first-order chi connectivity index (χ1) is 14.8. The van der Waals surface area contributed by atoms with Crippen molar-refractivity contribution in [3.05, 3.63) is 65.0 Å². The maximum absolute atomic E-state index is 13.3. The number of nitrogens with zero attached hydrogens (tertiary/aromatic N) is 2. The number of hydrogen-bond acceptors (Lipinski definition) is 4. The van der Waals surface area contributed by atoms with Crippen molar-refractivity contribution in [2.75, 3.05) is 24.5 Å². The average molecular weight is 427 g/mol. The molecule has 2 heterocycles. The molecule has 2 aromatic carbocycles. The fourth-order valence-electron chi connectivity index (χ4n) is 5.09. The number of halogens is 1. The molecule has 31 heavy (non-hydrogen) atoms. The first kappa shape index (κ1) is 21.9. The van der Waals surface area contributed by atoms with Gasteiger partial charge in [-0.25, -0.2) is 4.39 Å². The number of likely N-dealkylation sites (tertiary alicyclic amines) is 1. The fourth-order valence-corrected chi connectivity index (χ4v) is 5.09. The molecule has 2 aromatic rings. The normalized spacial score (nSPS) is 25.2. The smallest absolute Gasteiger partial charge is 0.224 e. The van der Waals surface area contributed by atoms with Crippen molar-refractivity contribution in [1.29, 1.82) is 0 Å². The van der Waals surface area contributed by atoms with E-state index in [1.54, 1.807) is 19.1 Å². The van der Waals surface area contributed by atoms with Gasteiger partial charge in [-0.15, -0.1) is 0 Å². The monoisotopic (exact) mass is 426 g/mol. The van der Waals surface area contributed by atoms with Gasteiger partial charge >= 0.3 is 0 Å². The molecule has 0 spiro atoms. The van der Waals surface area contributed by atoms with E-state index >= 15 is 0 Å². The molecule has 2 aliphatic rings. The first-order valence-corrected chi connectivity index (χ1v) is 11.1. The fraction of sp³-hybridized carbons (Fsp3) is 0.480. The predicted octanol–water partition coefficient (Wildman–Crippen LogP) is 3.53. The lowest BCUT2D eigenvalue weighted by Gasteiger charge is -2.28. The van der Waals surface area contributed by atoms with E-state index in [2.05, 4.69) is 4.90 Å². The third-order valence-electron chi connectivity index (χ3n) is 6.76. The molecule has 0 aromatic heterocycles. The molecule has 2 N–H and O–H groups in total. The maximum Gasteiger partial charge on any atom is 0.224 e. The Bertz CT molecular complexity index is 948. The summed E-state index contributed by atoms with van der Waals surface area (Å²) in [5.74, 6) is -0.265. The molecule has 4 rings (SSSR count). The third kappa shape index (κ3) is 4.52. The van der Waals surface area contributed by atoms with E-state index in [0.717, 1.165) is 41.8 Å². The highest BCUT2D eigenvalue weighted by molar-refractivity contribution is 5.94. The predicted molar refractivity (Wildman–Crippen MR) is 118 cm³/mol. The summed E-state index contributed by atoms with van der Waals surface area (Å²) in [4.78, 5) is 15.9. The van der Waals surface area contributed by atoms with Gasteiger partial charge in [0.1, 0.15) is 5.82 Å². The number of amides is 1. The van der Waals surface area contributed by atoms with Crippen LogP contribution in [0.3, 0.4) is 0 Å². The molecule has 0 aliphatic carbocycles. The molecular weight excluding hydrogens is 395 g/mol. The summed E-state index contributed by atoms with van der Waals surface area (Å²) in [6.07, 6.45) is 2.12. The average Bonchev–Trinajstić information content (AvgIpc) is 2.95. The van der Waals surface area contributed by atoms with Gasteiger partial charge in [-0.1, -0.05) is 24.3 Å². The molecule has 0 radical (unpaired) electrons. The molecular formula is C25H31FN2O3. The zero-order chi connectivity index (χ0) is 22.2. The van der Waals surface area contributed by atoms with Crippen molar-refractivity contribution in [1.82, 2.24) is 4.90 Å². The largest absolute Gasteiger partial charge is 0.387 e. The molecule has 0 unspecified atom stereocenters. The Hall–Kier alpha value is -2.28. The highest BCUT2D eigenvalue weighted by Crippen LogP contribution is 2.35. The molecule has 0 bridgehead atoms. The molecule has 2 aliphatic heterocycles. The van der Waals surface area contributed by atoms with Gasteiger partial charge in [0, 0.05) is 31.7 Å². The summed E-state index contributed by atoms with van der Waals surface area (Å²) in [7, 11) is 0. The quantitative estimate of drug-likeness (QED) is 0.785. The number of carbonyl (C=O) groups excluding carboxylic acids is 1. The summed E-state index contributed by atoms with van der Waals surface area (Å²) in [6.45, 7) is 5.56. The molecule has 1 saturated heterocycles. The van der Waals surface area contributed by atoms with Crippen LogP contribution < -0.4 is 4.90 Å². The van der Waals surface area contributed by atoms with Gasteiger partial charge in [0.25, 0.3) is 0 Å². The SMILES string of the molecule is CC(=O)N1c2ccc([C@H](O)CN3CCC[C@](O)(c4ccc(F)cc4)CC3)cc2C[C@H]1C. The van der Waals surface area contributed by atoms with Gasteiger partial charge < -0.3 is 20.0 Å². The molecule has 6 heteroatoms. The van der Waals surface area contributed by atoms with Crippen LogP contribution in [0.2, 0.25) is 0 Å². The molecule has 1 amide bonds. The number of fused-ring (bicyclic) bond motifs is 1. The standard InChI is InChI=1S/C25H31FN2O3/c1-17-14-20-15-19(4-9-23(20)28(17)18(2)29)24(30)16-27-12-3-10-25(31,11-13-27)21-5-7-22(26)8-6-21/h4-9,15,17,24,30-31H,3,10-14,16H2,1-2H3/t17-,24-,25-/m1/s1. The van der Waals surface area contributed by atoms with Gasteiger partial charge in [-0.05, 0) is 74.0 Å². The zero-order valence-electron chi connectivity index (χ0n) is 18.2. The van der Waals surface area contributed by atoms with Crippen LogP contribution >= 0.6 is 0 Å². The summed E-state index contributed by atoms with van der Waals surface area (Å²) >= 11 is 0. The van der Waals surface area contributed by atoms with Gasteiger partial charge in [0.2, 0.25) is 5.91 Å². The lowest BCUT2D eigenvalue weighted by molar-refractivity contribution is -0.116. The Kier molecular flexibility index (Phi) is 6.15. The summed E-state index contributed by atoms with van der Waals surface area (Å²) < 4.78 is 13.3. The first-order valence-electron chi connectivity index (χ1n) is 11.1. The second-order valence-electron chi connectivity index (χ2n) is 9.04. The molecule has 1 fully saturated rings. The summed E-state index contributed by atoms with van der Waals surface area (Å²) in [5.41, 5.74) is 2.68. The maximum atomic E-state index is 13.3. The van der Waals surface area contributed by atoms with Crippen LogP contribution in [0.1, 0.15) is 55.9 Å². The number of aliphatic hydroxyl groups excluding tert-OH is 1. The highest BCUT2D eigenvalue weighted by atomic mass is 19.1. The number of carbonyl (C=O) groups is 1. The topological polar surface area (TPSA) is 64.0 Å². The second kappa shape index (κ2) is 8.69. The second-order valence-corrected chi connectivity index (χ2v) is 9.04. The van der Waals surface area contributed by atoms with Crippen molar-refractivity contribution < 1.29 is 19.4 Å². The number of benzene rings is 2. The van der Waals surface area contributed by atoms with Crippen molar-refractivity contribution >= 4 is 11.6 Å². The number of anilines is 1. The number of aliphatic hydroxyl groups is 2. The summed E-state index contributed by atoms with van der Waals surface area (Å²) in [5, 5.41) is 22.0. The van der Waals surface area contributed by atoms with Crippen molar-refractivity contribution in [3.63, 3.8) is 0 Å².